The van der Waals surface area contributed by atoms with Crippen molar-refractivity contribution in [2.75, 3.05) is 13.2 Å². The van der Waals surface area contributed by atoms with Crippen molar-refractivity contribution in [1.82, 2.24) is 5.32 Å². The Kier molecular flexibility index (Phi) is 7.14. The monoisotopic (exact) mass is 361 g/mol. The van der Waals surface area contributed by atoms with E-state index in [1.54, 1.807) is 6.07 Å². The van der Waals surface area contributed by atoms with Crippen LogP contribution in [0.25, 0.3) is 0 Å². The fourth-order valence-electron chi connectivity index (χ4n) is 2.22. The molecule has 0 aliphatic carbocycles. The van der Waals surface area contributed by atoms with Gasteiger partial charge in [0.2, 0.25) is 0 Å². The van der Waals surface area contributed by atoms with Crippen molar-refractivity contribution < 1.29 is 14.3 Å². The van der Waals surface area contributed by atoms with Gasteiger partial charge in [0.05, 0.1) is 6.54 Å². The van der Waals surface area contributed by atoms with Crippen LogP contribution in [0.5, 0.6) is 11.5 Å². The van der Waals surface area contributed by atoms with Crippen molar-refractivity contribution in [1.29, 1.82) is 0 Å². The van der Waals surface area contributed by atoms with E-state index in [-0.39, 0.29) is 5.91 Å². The Morgan fingerprint density at radius 1 is 1.12 bits per heavy atom. The molecule has 134 valence electrons. The lowest BCUT2D eigenvalue weighted by Crippen LogP contribution is -2.39. The molecule has 0 fully saturated rings. The second-order valence-electron chi connectivity index (χ2n) is 5.88. The van der Waals surface area contributed by atoms with Gasteiger partial charge in [0.1, 0.15) is 18.1 Å². The molecule has 0 saturated heterocycles. The lowest BCUT2D eigenvalue weighted by atomic mass is 10.2. The zero-order valence-corrected chi connectivity index (χ0v) is 15.6. The van der Waals surface area contributed by atoms with Crippen LogP contribution in [0.3, 0.4) is 0 Å². The Bertz CT molecular complexity index is 701. The Hall–Kier alpha value is -2.20. The van der Waals surface area contributed by atoms with Crippen LogP contribution in [-0.4, -0.2) is 25.2 Å². The second-order valence-corrected chi connectivity index (χ2v) is 6.29. The van der Waals surface area contributed by atoms with E-state index in [4.69, 9.17) is 21.1 Å². The summed E-state index contributed by atoms with van der Waals surface area (Å²) in [6.45, 7) is 6.63. The van der Waals surface area contributed by atoms with E-state index < -0.39 is 6.10 Å². The predicted octanol–water partition coefficient (Wildman–Crippen LogP) is 4.31. The van der Waals surface area contributed by atoms with Gasteiger partial charge < -0.3 is 14.8 Å². The third-order valence-electron chi connectivity index (χ3n) is 3.78. The number of rotatable bonds is 8. The minimum Gasteiger partial charge on any atom is -0.492 e. The number of benzene rings is 2. The van der Waals surface area contributed by atoms with E-state index in [0.717, 1.165) is 11.1 Å². The molecule has 1 N–H and O–H groups in total. The Morgan fingerprint density at radius 3 is 2.44 bits per heavy atom. The number of hydrogen-bond acceptors (Lipinski definition) is 3. The fraction of sp³-hybridized carbons (Fsp3) is 0.350. The molecule has 0 bridgehead atoms. The summed E-state index contributed by atoms with van der Waals surface area (Å²) >= 11 is 6.06. The summed E-state index contributed by atoms with van der Waals surface area (Å²) in [7, 11) is 0. The molecule has 0 aliphatic heterocycles. The zero-order valence-electron chi connectivity index (χ0n) is 14.8. The van der Waals surface area contributed by atoms with Crippen molar-refractivity contribution in [3.05, 3.63) is 58.6 Å². The van der Waals surface area contributed by atoms with E-state index in [1.165, 1.54) is 0 Å². The molecular weight excluding hydrogens is 338 g/mol. The Morgan fingerprint density at radius 2 is 1.80 bits per heavy atom. The first-order valence-electron chi connectivity index (χ1n) is 8.39. The molecule has 4 nitrogen and oxygen atoms in total. The third-order valence-corrected chi connectivity index (χ3v) is 4.18. The standard InChI is InChI=1S/C20H24ClNO3/c1-4-19(25-16-8-5-14(2)6-9-16)20(23)22-11-12-24-17-10-7-15(3)18(21)13-17/h5-10,13,19H,4,11-12H2,1-3H3,(H,22,23)/t19-/m1/s1. The predicted molar refractivity (Wildman–Crippen MR) is 101 cm³/mol. The van der Waals surface area contributed by atoms with E-state index in [1.807, 2.05) is 57.2 Å². The second kappa shape index (κ2) is 9.33. The average molecular weight is 362 g/mol. The van der Waals surface area contributed by atoms with Gasteiger partial charge in [-0.15, -0.1) is 0 Å². The number of nitrogens with one attached hydrogen (secondary N) is 1. The Labute approximate surface area is 154 Å². The SMILES string of the molecule is CC[C@@H](Oc1ccc(C)cc1)C(=O)NCCOc1ccc(C)c(Cl)c1. The molecule has 25 heavy (non-hydrogen) atoms. The zero-order chi connectivity index (χ0) is 18.2. The van der Waals surface area contributed by atoms with Gasteiger partial charge in [0.25, 0.3) is 5.91 Å². The van der Waals surface area contributed by atoms with Gasteiger partial charge >= 0.3 is 0 Å². The molecule has 5 heteroatoms. The largest absolute Gasteiger partial charge is 0.492 e. The molecule has 2 aromatic carbocycles. The molecule has 0 unspecified atom stereocenters. The summed E-state index contributed by atoms with van der Waals surface area (Å²) in [5.74, 6) is 1.24. The van der Waals surface area contributed by atoms with Gasteiger partial charge in [-0.1, -0.05) is 42.3 Å². The maximum absolute atomic E-state index is 12.2. The van der Waals surface area contributed by atoms with E-state index in [0.29, 0.717) is 36.1 Å². The third kappa shape index (κ3) is 5.98. The van der Waals surface area contributed by atoms with Crippen molar-refractivity contribution in [3.8, 4) is 11.5 Å². The first-order chi connectivity index (χ1) is 12.0. The summed E-state index contributed by atoms with van der Waals surface area (Å²) in [6.07, 6.45) is 0.0743. The van der Waals surface area contributed by atoms with Crippen molar-refractivity contribution in [3.63, 3.8) is 0 Å². The summed E-state index contributed by atoms with van der Waals surface area (Å²) in [5, 5.41) is 3.51. The minimum atomic E-state index is -0.517. The highest BCUT2D eigenvalue weighted by molar-refractivity contribution is 6.31. The maximum atomic E-state index is 12.2. The van der Waals surface area contributed by atoms with Gasteiger partial charge in [-0.2, -0.15) is 0 Å². The molecule has 0 aromatic heterocycles. The number of hydrogen-bond donors (Lipinski definition) is 1. The minimum absolute atomic E-state index is 0.145. The fourth-order valence-corrected chi connectivity index (χ4v) is 2.39. The number of halogens is 1. The van der Waals surface area contributed by atoms with Crippen molar-refractivity contribution in [2.24, 2.45) is 0 Å². The van der Waals surface area contributed by atoms with E-state index in [2.05, 4.69) is 5.32 Å². The molecular formula is C20H24ClNO3. The first kappa shape index (κ1) is 19.1. The van der Waals surface area contributed by atoms with Crippen LogP contribution in [-0.2, 0) is 4.79 Å². The lowest BCUT2D eigenvalue weighted by molar-refractivity contribution is -0.128. The molecule has 2 aromatic rings. The number of carbonyl (C=O) groups excluding carboxylic acids is 1. The highest BCUT2D eigenvalue weighted by Crippen LogP contribution is 2.21. The smallest absolute Gasteiger partial charge is 0.261 e. The van der Waals surface area contributed by atoms with Crippen LogP contribution in [0, 0.1) is 13.8 Å². The van der Waals surface area contributed by atoms with Crippen LogP contribution in [0.2, 0.25) is 5.02 Å². The molecule has 1 atom stereocenters. The highest BCUT2D eigenvalue weighted by Gasteiger charge is 2.17. The molecule has 1 amide bonds. The number of ether oxygens (including phenoxy) is 2. The summed E-state index contributed by atoms with van der Waals surface area (Å²) in [5.41, 5.74) is 2.15. The van der Waals surface area contributed by atoms with Crippen LogP contribution in [0.1, 0.15) is 24.5 Å². The first-order valence-corrected chi connectivity index (χ1v) is 8.77. The normalized spacial score (nSPS) is 11.7. The van der Waals surface area contributed by atoms with E-state index >= 15 is 0 Å². The molecule has 0 saturated carbocycles. The van der Waals surface area contributed by atoms with Gasteiger partial charge in [-0.05, 0) is 50.1 Å². The van der Waals surface area contributed by atoms with Crippen molar-refractivity contribution in [2.45, 2.75) is 33.3 Å². The van der Waals surface area contributed by atoms with Gasteiger partial charge in [-0.25, -0.2) is 0 Å². The molecule has 0 aliphatic rings. The van der Waals surface area contributed by atoms with Gasteiger partial charge in [-0.3, -0.25) is 4.79 Å². The quantitative estimate of drug-likeness (QED) is 0.713. The highest BCUT2D eigenvalue weighted by atomic mass is 35.5. The summed E-state index contributed by atoms with van der Waals surface area (Å²) in [4.78, 5) is 12.2. The topological polar surface area (TPSA) is 47.6 Å². The average Bonchev–Trinajstić information content (AvgIpc) is 2.61. The van der Waals surface area contributed by atoms with Crippen LogP contribution >= 0.6 is 11.6 Å². The lowest BCUT2D eigenvalue weighted by Gasteiger charge is -2.17. The Balaban J connectivity index is 1.77. The molecule has 0 spiro atoms. The molecule has 0 radical (unpaired) electrons. The summed E-state index contributed by atoms with van der Waals surface area (Å²) in [6, 6.07) is 13.2. The number of aryl methyl sites for hydroxylation is 2. The maximum Gasteiger partial charge on any atom is 0.261 e. The van der Waals surface area contributed by atoms with Crippen LogP contribution in [0.15, 0.2) is 42.5 Å². The van der Waals surface area contributed by atoms with E-state index in [9.17, 15) is 4.79 Å². The number of amides is 1. The van der Waals surface area contributed by atoms with Gasteiger partial charge in [0, 0.05) is 5.02 Å². The van der Waals surface area contributed by atoms with Crippen LogP contribution in [0.4, 0.5) is 0 Å². The van der Waals surface area contributed by atoms with Crippen molar-refractivity contribution >= 4 is 17.5 Å². The molecule has 0 heterocycles. The van der Waals surface area contributed by atoms with Gasteiger partial charge in [0.15, 0.2) is 6.10 Å². The number of carbonyl (C=O) groups is 1. The van der Waals surface area contributed by atoms with Crippen LogP contribution < -0.4 is 14.8 Å². The molecule has 2 rings (SSSR count). The summed E-state index contributed by atoms with van der Waals surface area (Å²) < 4.78 is 11.4.